The van der Waals surface area contributed by atoms with Crippen LogP contribution >= 0.6 is 11.8 Å². The Balaban J connectivity index is 2.42. The van der Waals surface area contributed by atoms with Crippen molar-refractivity contribution in [1.82, 2.24) is 0 Å². The van der Waals surface area contributed by atoms with Gasteiger partial charge in [-0.15, -0.1) is 0 Å². The largest absolute Gasteiger partial charge is 0.496 e. The number of allylic oxidation sites excluding steroid dienone is 3. The summed E-state index contributed by atoms with van der Waals surface area (Å²) in [6.07, 6.45) is 7.14. The number of methoxy groups -OCH3 is 2. The maximum absolute atomic E-state index is 13.4. The van der Waals surface area contributed by atoms with Crippen LogP contribution in [0, 0.1) is 0 Å². The number of carbonyl (C=O) groups is 3. The van der Waals surface area contributed by atoms with E-state index in [1.165, 1.54) is 20.3 Å². The van der Waals surface area contributed by atoms with Gasteiger partial charge in [0, 0.05) is 17.2 Å². The van der Waals surface area contributed by atoms with E-state index in [4.69, 9.17) is 9.47 Å². The van der Waals surface area contributed by atoms with Crippen LogP contribution < -0.4 is 9.47 Å². The molecule has 6 heteroatoms. The highest BCUT2D eigenvalue weighted by molar-refractivity contribution is 8.14. The minimum atomic E-state index is -0.366. The molecule has 1 aromatic carbocycles. The topological polar surface area (TPSA) is 69.7 Å². The van der Waals surface area contributed by atoms with Crippen LogP contribution in [0.25, 0.3) is 0 Å². The van der Waals surface area contributed by atoms with Crippen LogP contribution in [0.1, 0.15) is 73.6 Å². The summed E-state index contributed by atoms with van der Waals surface area (Å²) >= 11 is 1.15. The Morgan fingerprint density at radius 1 is 1.07 bits per heavy atom. The molecular weight excluding hydrogens is 400 g/mol. The summed E-state index contributed by atoms with van der Waals surface area (Å²) in [4.78, 5) is 38.9. The molecule has 0 amide bonds. The van der Waals surface area contributed by atoms with Crippen molar-refractivity contribution in [1.29, 1.82) is 0 Å². The third-order valence-corrected chi connectivity index (χ3v) is 6.16. The first-order valence-corrected chi connectivity index (χ1v) is 11.1. The zero-order valence-corrected chi connectivity index (χ0v) is 19.2. The fraction of sp³-hybridized carbons (Fsp3) is 0.458. The van der Waals surface area contributed by atoms with Crippen LogP contribution in [0.5, 0.6) is 11.5 Å². The lowest BCUT2D eigenvalue weighted by molar-refractivity contribution is -0.110. The molecule has 0 radical (unpaired) electrons. The lowest BCUT2D eigenvalue weighted by Gasteiger charge is -2.24. The Hall–Kier alpha value is -2.34. The Labute approximate surface area is 182 Å². The fourth-order valence-electron chi connectivity index (χ4n) is 3.39. The Morgan fingerprint density at radius 3 is 2.27 bits per heavy atom. The highest BCUT2D eigenvalue weighted by Crippen LogP contribution is 2.39. The van der Waals surface area contributed by atoms with Gasteiger partial charge in [0.1, 0.15) is 11.5 Å². The van der Waals surface area contributed by atoms with E-state index in [2.05, 4.69) is 6.92 Å². The summed E-state index contributed by atoms with van der Waals surface area (Å²) in [7, 11) is 2.93. The van der Waals surface area contributed by atoms with Crippen molar-refractivity contribution in [3.8, 4) is 11.5 Å². The standard InChI is InChI=1S/C24H30O5S/c1-6-7-8-9-20(30-21(26)13-10-15(2)3)16-14-17(25)22-18(28-4)11-12-19(29-5)23(22)24(16)27/h10-12,14,20H,6-9,13H2,1-5H3. The Bertz CT molecular complexity index is 878. The molecule has 1 atom stereocenters. The molecular formula is C24H30O5S. The zero-order chi connectivity index (χ0) is 22.3. The molecule has 5 nitrogen and oxygen atoms in total. The molecule has 0 N–H and O–H groups in total. The molecule has 2 rings (SSSR count). The molecule has 0 spiro atoms. The van der Waals surface area contributed by atoms with Gasteiger partial charge in [-0.1, -0.05) is 49.6 Å². The number of benzene rings is 1. The van der Waals surface area contributed by atoms with Crippen molar-refractivity contribution in [3.63, 3.8) is 0 Å². The number of fused-ring (bicyclic) bond motifs is 1. The number of unbranched alkanes of at least 4 members (excludes halogenated alkanes) is 2. The van der Waals surface area contributed by atoms with E-state index in [-0.39, 0.29) is 33.1 Å². The van der Waals surface area contributed by atoms with Crippen LogP contribution in [0.2, 0.25) is 0 Å². The summed E-state index contributed by atoms with van der Waals surface area (Å²) in [6.45, 7) is 5.99. The van der Waals surface area contributed by atoms with Crippen LogP contribution in [-0.4, -0.2) is 36.2 Å². The first-order chi connectivity index (χ1) is 14.3. The Kier molecular flexibility index (Phi) is 8.90. The molecule has 0 saturated carbocycles. The van der Waals surface area contributed by atoms with Crippen molar-refractivity contribution in [2.45, 2.75) is 58.1 Å². The highest BCUT2D eigenvalue weighted by atomic mass is 32.2. The third-order valence-electron chi connectivity index (χ3n) is 4.96. The van der Waals surface area contributed by atoms with Gasteiger partial charge in [0.25, 0.3) is 0 Å². The molecule has 0 bridgehead atoms. The lowest BCUT2D eigenvalue weighted by atomic mass is 9.85. The summed E-state index contributed by atoms with van der Waals surface area (Å²) < 4.78 is 10.7. The molecule has 30 heavy (non-hydrogen) atoms. The van der Waals surface area contributed by atoms with Crippen molar-refractivity contribution in [3.05, 3.63) is 46.6 Å². The summed E-state index contributed by atoms with van der Waals surface area (Å²) in [5.74, 6) is 0.106. The second-order valence-electron chi connectivity index (χ2n) is 7.47. The molecule has 1 aliphatic rings. The second-order valence-corrected chi connectivity index (χ2v) is 8.73. The van der Waals surface area contributed by atoms with E-state index in [1.54, 1.807) is 12.1 Å². The van der Waals surface area contributed by atoms with Gasteiger partial charge in [-0.05, 0) is 38.5 Å². The van der Waals surface area contributed by atoms with Crippen LogP contribution in [0.3, 0.4) is 0 Å². The van der Waals surface area contributed by atoms with Crippen molar-refractivity contribution in [2.75, 3.05) is 14.2 Å². The van der Waals surface area contributed by atoms with E-state index in [1.807, 2.05) is 19.9 Å². The highest BCUT2D eigenvalue weighted by Gasteiger charge is 2.35. The average molecular weight is 431 g/mol. The molecule has 1 aromatic rings. The van der Waals surface area contributed by atoms with Gasteiger partial charge in [0.15, 0.2) is 16.7 Å². The minimum absolute atomic E-state index is 0.0118. The monoisotopic (exact) mass is 430 g/mol. The van der Waals surface area contributed by atoms with Crippen LogP contribution in [-0.2, 0) is 4.79 Å². The Morgan fingerprint density at radius 2 is 1.70 bits per heavy atom. The first kappa shape index (κ1) is 23.9. The fourth-order valence-corrected chi connectivity index (χ4v) is 4.47. The maximum Gasteiger partial charge on any atom is 0.194 e. The molecule has 0 fully saturated rings. The molecule has 0 aromatic heterocycles. The van der Waals surface area contributed by atoms with E-state index in [0.29, 0.717) is 29.9 Å². The van der Waals surface area contributed by atoms with Crippen molar-refractivity contribution < 1.29 is 23.9 Å². The lowest BCUT2D eigenvalue weighted by Crippen LogP contribution is -2.25. The number of Topliss-reactive ketones (excluding diaryl/α,β-unsaturated/α-hetero) is 1. The van der Waals surface area contributed by atoms with Gasteiger partial charge >= 0.3 is 0 Å². The molecule has 0 heterocycles. The quantitative estimate of drug-likeness (QED) is 0.357. The van der Waals surface area contributed by atoms with E-state index in [0.717, 1.165) is 36.6 Å². The van der Waals surface area contributed by atoms with Gasteiger partial charge in [-0.3, -0.25) is 14.4 Å². The van der Waals surface area contributed by atoms with Crippen LogP contribution in [0.4, 0.5) is 0 Å². The van der Waals surface area contributed by atoms with E-state index < -0.39 is 0 Å². The predicted octanol–water partition coefficient (Wildman–Crippen LogP) is 5.57. The molecule has 0 aliphatic heterocycles. The smallest absolute Gasteiger partial charge is 0.194 e. The molecule has 1 unspecified atom stereocenters. The maximum atomic E-state index is 13.4. The van der Waals surface area contributed by atoms with E-state index >= 15 is 0 Å². The molecule has 0 saturated heterocycles. The van der Waals surface area contributed by atoms with Gasteiger partial charge in [-0.2, -0.15) is 0 Å². The number of ether oxygens (including phenoxy) is 2. The number of rotatable bonds is 10. The minimum Gasteiger partial charge on any atom is -0.496 e. The number of ketones is 2. The zero-order valence-electron chi connectivity index (χ0n) is 18.4. The van der Waals surface area contributed by atoms with Crippen LogP contribution in [0.15, 0.2) is 35.4 Å². The predicted molar refractivity (Wildman–Crippen MR) is 121 cm³/mol. The van der Waals surface area contributed by atoms with E-state index in [9.17, 15) is 14.4 Å². The van der Waals surface area contributed by atoms with Gasteiger partial charge in [0.05, 0.1) is 25.3 Å². The SMILES string of the molecule is CCCCCC(SC(=O)CC=C(C)C)C1=CC(=O)c2c(OC)ccc(OC)c2C1=O. The average Bonchev–Trinajstić information content (AvgIpc) is 2.73. The summed E-state index contributed by atoms with van der Waals surface area (Å²) in [5.41, 5.74) is 1.88. The number of hydrogen-bond donors (Lipinski definition) is 0. The summed E-state index contributed by atoms with van der Waals surface area (Å²) in [5, 5.41) is -0.377. The molecule has 1 aliphatic carbocycles. The van der Waals surface area contributed by atoms with Gasteiger partial charge in [-0.25, -0.2) is 0 Å². The number of carbonyl (C=O) groups excluding carboxylic acids is 3. The first-order valence-electron chi connectivity index (χ1n) is 10.2. The van der Waals surface area contributed by atoms with Gasteiger partial charge in [0.2, 0.25) is 0 Å². The normalized spacial score (nSPS) is 14.0. The summed E-state index contributed by atoms with van der Waals surface area (Å²) in [6, 6.07) is 3.25. The number of hydrogen-bond acceptors (Lipinski definition) is 6. The van der Waals surface area contributed by atoms with Gasteiger partial charge < -0.3 is 9.47 Å². The van der Waals surface area contributed by atoms with Crippen molar-refractivity contribution >= 4 is 28.4 Å². The number of thioether (sulfide) groups is 1. The van der Waals surface area contributed by atoms with Crippen molar-refractivity contribution in [2.24, 2.45) is 0 Å². The molecule has 162 valence electrons. The third kappa shape index (κ3) is 5.63. The second kappa shape index (κ2) is 11.2.